The summed E-state index contributed by atoms with van der Waals surface area (Å²) in [7, 11) is 0. The van der Waals surface area contributed by atoms with E-state index in [1.807, 2.05) is 0 Å². The number of hydrogen-bond acceptors (Lipinski definition) is 0. The summed E-state index contributed by atoms with van der Waals surface area (Å²) >= 11 is 0. The van der Waals surface area contributed by atoms with Crippen molar-refractivity contribution < 1.29 is 0 Å². The minimum absolute atomic E-state index is 0.573. The van der Waals surface area contributed by atoms with Gasteiger partial charge in [-0.1, -0.05) is 25.0 Å². The average Bonchev–Trinajstić information content (AvgIpc) is 1.79. The summed E-state index contributed by atoms with van der Waals surface area (Å²) in [5.74, 6) is 0. The highest BCUT2D eigenvalue weighted by molar-refractivity contribution is 5.15. The lowest BCUT2D eigenvalue weighted by Crippen LogP contribution is -2.16. The molecule has 10 heavy (non-hydrogen) atoms. The molecule has 0 unspecified atom stereocenters. The van der Waals surface area contributed by atoms with Gasteiger partial charge in [-0.3, -0.25) is 0 Å². The molecule has 0 spiro atoms. The molecule has 0 amide bonds. The normalized spacial score (nSPS) is 25.2. The standard InChI is InChI=1S/C10H18/c1-8-5-6-10(3,4)7-9(8)2/h5-7H2,1-4H3. The van der Waals surface area contributed by atoms with Gasteiger partial charge >= 0.3 is 0 Å². The molecule has 0 aromatic heterocycles. The quantitative estimate of drug-likeness (QED) is 0.449. The van der Waals surface area contributed by atoms with Gasteiger partial charge in [0, 0.05) is 0 Å². The van der Waals surface area contributed by atoms with E-state index in [0.717, 1.165) is 0 Å². The molecule has 0 atom stereocenters. The molecule has 1 aliphatic carbocycles. The maximum absolute atomic E-state index is 2.36. The molecular weight excluding hydrogens is 120 g/mol. The van der Waals surface area contributed by atoms with Crippen LogP contribution in [0.15, 0.2) is 11.1 Å². The zero-order valence-corrected chi connectivity index (χ0v) is 7.62. The van der Waals surface area contributed by atoms with Crippen LogP contribution in [0, 0.1) is 5.41 Å². The molecule has 0 heteroatoms. The van der Waals surface area contributed by atoms with Gasteiger partial charge in [0.15, 0.2) is 0 Å². The molecule has 58 valence electrons. The van der Waals surface area contributed by atoms with Crippen molar-refractivity contribution in [1.82, 2.24) is 0 Å². The largest absolute Gasteiger partial charge is 0.0744 e. The van der Waals surface area contributed by atoms with E-state index in [-0.39, 0.29) is 0 Å². The topological polar surface area (TPSA) is 0 Å². The fourth-order valence-corrected chi connectivity index (χ4v) is 1.70. The molecular formula is C10H18. The monoisotopic (exact) mass is 138 g/mol. The molecule has 1 aliphatic rings. The van der Waals surface area contributed by atoms with Gasteiger partial charge in [-0.05, 0) is 38.5 Å². The maximum atomic E-state index is 2.36. The van der Waals surface area contributed by atoms with E-state index in [1.165, 1.54) is 19.3 Å². The number of rotatable bonds is 0. The fraction of sp³-hybridized carbons (Fsp3) is 0.800. The van der Waals surface area contributed by atoms with Gasteiger partial charge in [-0.15, -0.1) is 0 Å². The first kappa shape index (κ1) is 7.84. The lowest BCUT2D eigenvalue weighted by Gasteiger charge is -2.30. The minimum atomic E-state index is 0.573. The lowest BCUT2D eigenvalue weighted by molar-refractivity contribution is 0.314. The van der Waals surface area contributed by atoms with Crippen LogP contribution in [-0.4, -0.2) is 0 Å². The van der Waals surface area contributed by atoms with Crippen molar-refractivity contribution >= 4 is 0 Å². The Bertz CT molecular complexity index is 161. The summed E-state index contributed by atoms with van der Waals surface area (Å²) in [4.78, 5) is 0. The van der Waals surface area contributed by atoms with Crippen molar-refractivity contribution in [1.29, 1.82) is 0 Å². The number of hydrogen-bond donors (Lipinski definition) is 0. The van der Waals surface area contributed by atoms with Crippen molar-refractivity contribution in [3.05, 3.63) is 11.1 Å². The van der Waals surface area contributed by atoms with Crippen LogP contribution in [0.5, 0.6) is 0 Å². The van der Waals surface area contributed by atoms with Gasteiger partial charge in [0.05, 0.1) is 0 Å². The van der Waals surface area contributed by atoms with Crippen LogP contribution in [0.25, 0.3) is 0 Å². The molecule has 0 fully saturated rings. The summed E-state index contributed by atoms with van der Waals surface area (Å²) in [6.45, 7) is 9.27. The highest BCUT2D eigenvalue weighted by Gasteiger charge is 2.22. The van der Waals surface area contributed by atoms with E-state index >= 15 is 0 Å². The van der Waals surface area contributed by atoms with Crippen LogP contribution in [0.1, 0.15) is 47.0 Å². The van der Waals surface area contributed by atoms with E-state index in [4.69, 9.17) is 0 Å². The summed E-state index contributed by atoms with van der Waals surface area (Å²) in [6.07, 6.45) is 3.99. The molecule has 1 rings (SSSR count). The van der Waals surface area contributed by atoms with E-state index in [9.17, 15) is 0 Å². The second-order valence-corrected chi connectivity index (χ2v) is 4.40. The van der Waals surface area contributed by atoms with Gasteiger partial charge in [-0.2, -0.15) is 0 Å². The Morgan fingerprint density at radius 3 is 2.10 bits per heavy atom. The zero-order chi connectivity index (χ0) is 7.78. The molecule has 0 N–H and O–H groups in total. The lowest BCUT2D eigenvalue weighted by atomic mass is 9.75. The Hall–Kier alpha value is -0.260. The van der Waals surface area contributed by atoms with E-state index in [1.54, 1.807) is 11.1 Å². The van der Waals surface area contributed by atoms with Gasteiger partial charge in [0.25, 0.3) is 0 Å². The Morgan fingerprint density at radius 1 is 1.10 bits per heavy atom. The molecule has 0 radical (unpaired) electrons. The predicted molar refractivity (Wildman–Crippen MR) is 46.0 cm³/mol. The highest BCUT2D eigenvalue weighted by Crippen LogP contribution is 2.37. The van der Waals surface area contributed by atoms with Crippen LogP contribution in [0.2, 0.25) is 0 Å². The van der Waals surface area contributed by atoms with Crippen LogP contribution in [0.3, 0.4) is 0 Å². The van der Waals surface area contributed by atoms with Gasteiger partial charge in [-0.25, -0.2) is 0 Å². The Balaban J connectivity index is 2.72. The molecule has 0 saturated heterocycles. The third-order valence-electron chi connectivity index (χ3n) is 2.65. The SMILES string of the molecule is CC1=C(C)CC(C)(C)CC1. The Labute approximate surface area is 64.3 Å². The van der Waals surface area contributed by atoms with Crippen molar-refractivity contribution in [2.45, 2.75) is 47.0 Å². The summed E-state index contributed by atoms with van der Waals surface area (Å²) < 4.78 is 0. The van der Waals surface area contributed by atoms with E-state index in [0.29, 0.717) is 5.41 Å². The zero-order valence-electron chi connectivity index (χ0n) is 7.62. The molecule has 0 aromatic carbocycles. The first-order valence-corrected chi connectivity index (χ1v) is 4.16. The predicted octanol–water partition coefficient (Wildman–Crippen LogP) is 3.53. The fourth-order valence-electron chi connectivity index (χ4n) is 1.70. The van der Waals surface area contributed by atoms with Crippen LogP contribution >= 0.6 is 0 Å². The molecule has 0 heterocycles. The van der Waals surface area contributed by atoms with Crippen molar-refractivity contribution in [2.75, 3.05) is 0 Å². The first-order valence-electron chi connectivity index (χ1n) is 4.16. The van der Waals surface area contributed by atoms with Gasteiger partial charge in [0.1, 0.15) is 0 Å². The Kier molecular flexibility index (Phi) is 1.89. The highest BCUT2D eigenvalue weighted by atomic mass is 14.3. The molecule has 0 aromatic rings. The molecule has 0 bridgehead atoms. The number of allylic oxidation sites excluding steroid dienone is 2. The summed E-state index contributed by atoms with van der Waals surface area (Å²) in [5, 5.41) is 0. The van der Waals surface area contributed by atoms with Crippen molar-refractivity contribution in [3.63, 3.8) is 0 Å². The van der Waals surface area contributed by atoms with Gasteiger partial charge < -0.3 is 0 Å². The first-order chi connectivity index (χ1) is 4.51. The molecule has 0 aliphatic heterocycles. The molecule has 0 nitrogen and oxygen atoms in total. The van der Waals surface area contributed by atoms with Crippen molar-refractivity contribution in [2.24, 2.45) is 5.41 Å². The van der Waals surface area contributed by atoms with Crippen LogP contribution in [-0.2, 0) is 0 Å². The minimum Gasteiger partial charge on any atom is -0.0744 e. The molecule has 0 saturated carbocycles. The summed E-state index contributed by atoms with van der Waals surface area (Å²) in [5.41, 5.74) is 3.82. The smallest absolute Gasteiger partial charge is 0.0269 e. The Morgan fingerprint density at radius 2 is 1.70 bits per heavy atom. The second kappa shape index (κ2) is 2.41. The van der Waals surface area contributed by atoms with Gasteiger partial charge in [0.2, 0.25) is 0 Å². The van der Waals surface area contributed by atoms with E-state index in [2.05, 4.69) is 27.7 Å². The van der Waals surface area contributed by atoms with Crippen LogP contribution < -0.4 is 0 Å². The summed E-state index contributed by atoms with van der Waals surface area (Å²) in [6, 6.07) is 0. The third kappa shape index (κ3) is 1.62. The van der Waals surface area contributed by atoms with E-state index < -0.39 is 0 Å². The average molecular weight is 138 g/mol. The third-order valence-corrected chi connectivity index (χ3v) is 2.65. The second-order valence-electron chi connectivity index (χ2n) is 4.40. The van der Waals surface area contributed by atoms with Crippen molar-refractivity contribution in [3.8, 4) is 0 Å². The van der Waals surface area contributed by atoms with Crippen LogP contribution in [0.4, 0.5) is 0 Å². The maximum Gasteiger partial charge on any atom is -0.0269 e.